The van der Waals surface area contributed by atoms with Crippen LogP contribution < -0.4 is 0 Å². The zero-order valence-corrected chi connectivity index (χ0v) is 5.68. The fraction of sp³-hybridized carbons (Fsp3) is 0.571. The number of cyclic esters (lactones) is 1. The van der Waals surface area contributed by atoms with Crippen molar-refractivity contribution in [3.63, 3.8) is 0 Å². The molecule has 0 aromatic heterocycles. The predicted octanol–water partition coefficient (Wildman–Crippen LogP) is 1.13. The second-order valence-corrected chi connectivity index (χ2v) is 2.93. The van der Waals surface area contributed by atoms with Gasteiger partial charge in [-0.2, -0.15) is 0 Å². The third-order valence-corrected chi connectivity index (χ3v) is 1.26. The average molecular weight is 126 g/mol. The molecule has 2 heteroatoms. The van der Waals surface area contributed by atoms with Gasteiger partial charge in [0.05, 0.1) is 0 Å². The largest absolute Gasteiger partial charge is 0.462 e. The fourth-order valence-electron chi connectivity index (χ4n) is 0.647. The van der Waals surface area contributed by atoms with Crippen LogP contribution in [0.4, 0.5) is 0 Å². The van der Waals surface area contributed by atoms with Gasteiger partial charge in [-0.25, -0.2) is 4.79 Å². The lowest BCUT2D eigenvalue weighted by atomic mass is 9.93. The van der Waals surface area contributed by atoms with E-state index in [9.17, 15) is 4.79 Å². The Labute approximate surface area is 54.5 Å². The number of carbonyl (C=O) groups is 1. The molecule has 0 fully saturated rings. The molecule has 0 N–H and O–H groups in total. The molecule has 9 heavy (non-hydrogen) atoms. The topological polar surface area (TPSA) is 26.3 Å². The normalized spacial score (nSPS) is 23.6. The van der Waals surface area contributed by atoms with E-state index in [1.165, 1.54) is 6.08 Å². The van der Waals surface area contributed by atoms with Gasteiger partial charge in [0, 0.05) is 11.5 Å². The Bertz CT molecular complexity index is 156. The number of hydrogen-bond acceptors (Lipinski definition) is 2. The summed E-state index contributed by atoms with van der Waals surface area (Å²) in [6.45, 7) is 4.55. The van der Waals surface area contributed by atoms with Crippen LogP contribution in [0.2, 0.25) is 0 Å². The Morgan fingerprint density at radius 3 is 2.67 bits per heavy atom. The van der Waals surface area contributed by atoms with E-state index in [2.05, 4.69) is 0 Å². The Morgan fingerprint density at radius 2 is 2.33 bits per heavy atom. The van der Waals surface area contributed by atoms with E-state index in [0.29, 0.717) is 6.61 Å². The fourth-order valence-corrected chi connectivity index (χ4v) is 0.647. The van der Waals surface area contributed by atoms with Crippen molar-refractivity contribution >= 4 is 5.97 Å². The minimum absolute atomic E-state index is 0.0356. The second kappa shape index (κ2) is 1.87. The molecule has 0 radical (unpaired) electrons. The van der Waals surface area contributed by atoms with Crippen molar-refractivity contribution in [2.45, 2.75) is 13.8 Å². The van der Waals surface area contributed by atoms with Crippen LogP contribution in [0.15, 0.2) is 12.2 Å². The zero-order chi connectivity index (χ0) is 6.91. The highest BCUT2D eigenvalue weighted by molar-refractivity contribution is 5.82. The molecule has 50 valence electrons. The summed E-state index contributed by atoms with van der Waals surface area (Å²) in [7, 11) is 0. The molecule has 2 nitrogen and oxygen atoms in total. The first-order chi connectivity index (χ1) is 4.10. The molecule has 0 saturated carbocycles. The maximum atomic E-state index is 10.4. The van der Waals surface area contributed by atoms with Crippen molar-refractivity contribution in [3.05, 3.63) is 12.2 Å². The van der Waals surface area contributed by atoms with Gasteiger partial charge in [0.25, 0.3) is 0 Å². The lowest BCUT2D eigenvalue weighted by molar-refractivity contribution is -0.141. The summed E-state index contributed by atoms with van der Waals surface area (Å²) < 4.78 is 4.77. The van der Waals surface area contributed by atoms with Crippen molar-refractivity contribution in [1.82, 2.24) is 0 Å². The molecular weight excluding hydrogens is 116 g/mol. The Kier molecular flexibility index (Phi) is 1.31. The molecule has 0 bridgehead atoms. The van der Waals surface area contributed by atoms with Crippen molar-refractivity contribution in [3.8, 4) is 0 Å². The summed E-state index contributed by atoms with van der Waals surface area (Å²) >= 11 is 0. The minimum atomic E-state index is -0.227. The smallest absolute Gasteiger partial charge is 0.330 e. The quantitative estimate of drug-likeness (QED) is 0.455. The van der Waals surface area contributed by atoms with Gasteiger partial charge in [0.1, 0.15) is 6.61 Å². The van der Waals surface area contributed by atoms with Crippen molar-refractivity contribution in [2.24, 2.45) is 5.41 Å². The van der Waals surface area contributed by atoms with Gasteiger partial charge in [0.15, 0.2) is 0 Å². The first-order valence-electron chi connectivity index (χ1n) is 2.96. The van der Waals surface area contributed by atoms with E-state index in [1.54, 1.807) is 0 Å². The molecule has 0 saturated heterocycles. The van der Waals surface area contributed by atoms with E-state index < -0.39 is 0 Å². The number of ether oxygens (including phenoxy) is 1. The first kappa shape index (κ1) is 6.33. The Balaban J connectivity index is 2.69. The molecule has 0 atom stereocenters. The highest BCUT2D eigenvalue weighted by Gasteiger charge is 2.20. The lowest BCUT2D eigenvalue weighted by Gasteiger charge is -2.22. The highest BCUT2D eigenvalue weighted by atomic mass is 16.5. The molecule has 0 amide bonds. The maximum Gasteiger partial charge on any atom is 0.330 e. The summed E-state index contributed by atoms with van der Waals surface area (Å²) in [5.41, 5.74) is 0.0356. The van der Waals surface area contributed by atoms with Gasteiger partial charge in [-0.3, -0.25) is 0 Å². The second-order valence-electron chi connectivity index (χ2n) is 2.93. The molecule has 1 rings (SSSR count). The predicted molar refractivity (Wildman–Crippen MR) is 33.9 cm³/mol. The molecule has 0 spiro atoms. The van der Waals surface area contributed by atoms with E-state index >= 15 is 0 Å². The SMILES string of the molecule is CC1(C)C=CC(=O)OC1. The number of carbonyl (C=O) groups excluding carboxylic acids is 1. The van der Waals surface area contributed by atoms with Gasteiger partial charge < -0.3 is 4.74 Å². The monoisotopic (exact) mass is 126 g/mol. The van der Waals surface area contributed by atoms with Crippen LogP contribution in [0.3, 0.4) is 0 Å². The molecule has 0 aromatic carbocycles. The number of hydrogen-bond donors (Lipinski definition) is 0. The van der Waals surface area contributed by atoms with Gasteiger partial charge in [-0.1, -0.05) is 19.9 Å². The van der Waals surface area contributed by atoms with E-state index in [-0.39, 0.29) is 11.4 Å². The van der Waals surface area contributed by atoms with Crippen LogP contribution in [-0.4, -0.2) is 12.6 Å². The minimum Gasteiger partial charge on any atom is -0.462 e. The summed E-state index contributed by atoms with van der Waals surface area (Å²) in [4.78, 5) is 10.4. The molecule has 0 unspecified atom stereocenters. The standard InChI is InChI=1S/C7H10O2/c1-7(2)4-3-6(8)9-5-7/h3-4H,5H2,1-2H3. The molecule has 0 aromatic rings. The van der Waals surface area contributed by atoms with Crippen LogP contribution in [0.25, 0.3) is 0 Å². The molecule has 1 aliphatic heterocycles. The summed E-state index contributed by atoms with van der Waals surface area (Å²) in [5, 5.41) is 0. The van der Waals surface area contributed by atoms with E-state index in [1.807, 2.05) is 19.9 Å². The van der Waals surface area contributed by atoms with Crippen LogP contribution in [0, 0.1) is 5.41 Å². The summed E-state index contributed by atoms with van der Waals surface area (Å²) in [6, 6.07) is 0. The van der Waals surface area contributed by atoms with Gasteiger partial charge in [0.2, 0.25) is 0 Å². The lowest BCUT2D eigenvalue weighted by Crippen LogP contribution is -2.23. The highest BCUT2D eigenvalue weighted by Crippen LogP contribution is 2.20. The molecular formula is C7H10O2. The Morgan fingerprint density at radius 1 is 1.67 bits per heavy atom. The van der Waals surface area contributed by atoms with Crippen molar-refractivity contribution < 1.29 is 9.53 Å². The summed E-state index contributed by atoms with van der Waals surface area (Å²) in [6.07, 6.45) is 3.35. The molecule has 1 heterocycles. The Hall–Kier alpha value is -0.790. The van der Waals surface area contributed by atoms with E-state index in [4.69, 9.17) is 4.74 Å². The molecule has 1 aliphatic rings. The summed E-state index contributed by atoms with van der Waals surface area (Å²) in [5.74, 6) is -0.227. The van der Waals surface area contributed by atoms with Gasteiger partial charge in [-0.15, -0.1) is 0 Å². The van der Waals surface area contributed by atoms with Crippen LogP contribution >= 0.6 is 0 Å². The van der Waals surface area contributed by atoms with Crippen LogP contribution in [0.5, 0.6) is 0 Å². The van der Waals surface area contributed by atoms with Crippen LogP contribution in [-0.2, 0) is 9.53 Å². The van der Waals surface area contributed by atoms with Crippen molar-refractivity contribution in [2.75, 3.05) is 6.61 Å². The maximum absolute atomic E-state index is 10.4. The van der Waals surface area contributed by atoms with E-state index in [0.717, 1.165) is 0 Å². The zero-order valence-electron chi connectivity index (χ0n) is 5.68. The van der Waals surface area contributed by atoms with Gasteiger partial charge >= 0.3 is 5.97 Å². The average Bonchev–Trinajstić information content (AvgIpc) is 1.78. The van der Waals surface area contributed by atoms with Gasteiger partial charge in [-0.05, 0) is 0 Å². The van der Waals surface area contributed by atoms with Crippen LogP contribution in [0.1, 0.15) is 13.8 Å². The van der Waals surface area contributed by atoms with Crippen molar-refractivity contribution in [1.29, 1.82) is 0 Å². The third-order valence-electron chi connectivity index (χ3n) is 1.26. The third kappa shape index (κ3) is 1.56. The number of esters is 1. The molecule has 0 aliphatic carbocycles. The number of rotatable bonds is 0. The first-order valence-corrected chi connectivity index (χ1v) is 2.96.